The Kier molecular flexibility index (Phi) is 3.07. The summed E-state index contributed by atoms with van der Waals surface area (Å²) in [7, 11) is -9.12. The summed E-state index contributed by atoms with van der Waals surface area (Å²) in [6, 6.07) is 4.09. The van der Waals surface area contributed by atoms with Gasteiger partial charge in [0.25, 0.3) is 20.2 Å². The first-order valence-corrected chi connectivity index (χ1v) is 7.97. The average Bonchev–Trinajstić information content (AvgIpc) is 2.25. The molecule has 0 aromatic heterocycles. The van der Waals surface area contributed by atoms with Gasteiger partial charge in [-0.25, -0.2) is 0 Å². The molecule has 1 aliphatic carbocycles. The highest BCUT2D eigenvalue weighted by Crippen LogP contribution is 2.31. The quantitative estimate of drug-likeness (QED) is 0.657. The highest BCUT2D eigenvalue weighted by Gasteiger charge is 2.40. The van der Waals surface area contributed by atoms with Crippen molar-refractivity contribution >= 4 is 26.3 Å². The Morgan fingerprint density at radius 3 is 2.32 bits per heavy atom. The molecule has 9 heteroatoms. The Labute approximate surface area is 110 Å². The van der Waals surface area contributed by atoms with Crippen molar-refractivity contribution in [2.45, 2.75) is 16.2 Å². The predicted molar refractivity (Wildman–Crippen MR) is 67.5 cm³/mol. The fourth-order valence-corrected chi connectivity index (χ4v) is 3.23. The van der Waals surface area contributed by atoms with E-state index in [0.717, 1.165) is 12.1 Å². The molecule has 0 saturated heterocycles. The lowest BCUT2D eigenvalue weighted by Gasteiger charge is -2.27. The fraction of sp³-hybridized carbons (Fsp3) is 0.200. The van der Waals surface area contributed by atoms with E-state index in [9.17, 15) is 16.8 Å². The van der Waals surface area contributed by atoms with Crippen LogP contribution in [0.15, 0.2) is 29.2 Å². The molecule has 4 N–H and O–H groups in total. The summed E-state index contributed by atoms with van der Waals surface area (Å²) in [6.07, 6.45) is 1.92. The van der Waals surface area contributed by atoms with Gasteiger partial charge in [-0.3, -0.25) is 9.11 Å². The fourth-order valence-electron chi connectivity index (χ4n) is 1.91. The molecule has 0 radical (unpaired) electrons. The zero-order valence-electron chi connectivity index (χ0n) is 9.52. The molecule has 104 valence electrons. The van der Waals surface area contributed by atoms with Crippen LogP contribution in [0.25, 0.3) is 6.08 Å². The smallest absolute Gasteiger partial charge is 0.294 e. The second-order valence-electron chi connectivity index (χ2n) is 4.24. The molecule has 0 heterocycles. The number of nitrogens with two attached hydrogens (primary N) is 1. The largest absolute Gasteiger partial charge is 0.307 e. The molecule has 0 amide bonds. The van der Waals surface area contributed by atoms with Crippen LogP contribution >= 0.6 is 0 Å². The molecule has 2 rings (SSSR count). The summed E-state index contributed by atoms with van der Waals surface area (Å²) in [5, 5.41) is 0. The Morgan fingerprint density at radius 2 is 1.79 bits per heavy atom. The third-order valence-corrected chi connectivity index (χ3v) is 5.10. The minimum Gasteiger partial charge on any atom is -0.307 e. The third-order valence-electron chi connectivity index (χ3n) is 2.93. The Balaban J connectivity index is 2.69. The molecule has 1 atom stereocenters. The van der Waals surface area contributed by atoms with Gasteiger partial charge in [0, 0.05) is 6.42 Å². The van der Waals surface area contributed by atoms with Gasteiger partial charge in [0.15, 0.2) is 4.87 Å². The number of fused-ring (bicyclic) bond motifs is 1. The summed E-state index contributed by atoms with van der Waals surface area (Å²) < 4.78 is 63.2. The summed E-state index contributed by atoms with van der Waals surface area (Å²) in [5.74, 6) is 0. The SMILES string of the molecule is NC1(S(=O)(=O)O)C=Cc2cccc(S(=O)(=O)O)c2C1. The molecule has 0 saturated carbocycles. The number of hydrogen-bond acceptors (Lipinski definition) is 5. The van der Waals surface area contributed by atoms with Gasteiger partial charge in [-0.2, -0.15) is 16.8 Å². The number of hydrogen-bond donors (Lipinski definition) is 3. The van der Waals surface area contributed by atoms with Crippen LogP contribution in [0.2, 0.25) is 0 Å². The molecular formula is C10H11NO6S2. The molecule has 7 nitrogen and oxygen atoms in total. The Bertz CT molecular complexity index is 765. The molecule has 0 spiro atoms. The van der Waals surface area contributed by atoms with Crippen LogP contribution in [0.3, 0.4) is 0 Å². The maximum Gasteiger partial charge on any atom is 0.294 e. The molecule has 19 heavy (non-hydrogen) atoms. The van der Waals surface area contributed by atoms with Crippen molar-refractivity contribution in [2.24, 2.45) is 5.73 Å². The van der Waals surface area contributed by atoms with Crippen LogP contribution in [0.1, 0.15) is 11.1 Å². The van der Waals surface area contributed by atoms with Gasteiger partial charge < -0.3 is 5.73 Å². The number of rotatable bonds is 2. The summed E-state index contributed by atoms with van der Waals surface area (Å²) >= 11 is 0. The second kappa shape index (κ2) is 4.12. The van der Waals surface area contributed by atoms with E-state index in [-0.39, 0.29) is 5.56 Å². The van der Waals surface area contributed by atoms with E-state index in [4.69, 9.17) is 14.8 Å². The summed E-state index contributed by atoms with van der Waals surface area (Å²) in [5.41, 5.74) is 6.03. The van der Waals surface area contributed by atoms with Crippen LogP contribution < -0.4 is 5.73 Å². The van der Waals surface area contributed by atoms with Gasteiger partial charge in [0.05, 0.1) is 4.90 Å². The van der Waals surface area contributed by atoms with Crippen LogP contribution in [-0.4, -0.2) is 30.8 Å². The van der Waals surface area contributed by atoms with Crippen LogP contribution in [0, 0.1) is 0 Å². The van der Waals surface area contributed by atoms with Gasteiger partial charge >= 0.3 is 0 Å². The van der Waals surface area contributed by atoms with Gasteiger partial charge in [-0.15, -0.1) is 0 Å². The standard InChI is InChI=1S/C10H11NO6S2/c11-10(19(15,16)17)5-4-7-2-1-3-9(8(7)6-10)18(12,13)14/h1-5H,6,11H2,(H,12,13,14)(H,15,16,17). The Hall–Kier alpha value is -1.26. The van der Waals surface area contributed by atoms with Crippen LogP contribution in [-0.2, 0) is 26.7 Å². The van der Waals surface area contributed by atoms with E-state index < -0.39 is 36.4 Å². The van der Waals surface area contributed by atoms with E-state index in [1.54, 1.807) is 6.07 Å². The minimum absolute atomic E-state index is 0.0487. The molecule has 1 aromatic rings. The van der Waals surface area contributed by atoms with Crippen molar-refractivity contribution in [2.75, 3.05) is 0 Å². The van der Waals surface area contributed by atoms with E-state index in [2.05, 4.69) is 0 Å². The molecule has 0 fully saturated rings. The Morgan fingerprint density at radius 1 is 1.16 bits per heavy atom. The third kappa shape index (κ3) is 2.42. The topological polar surface area (TPSA) is 135 Å². The van der Waals surface area contributed by atoms with E-state index in [1.165, 1.54) is 12.1 Å². The predicted octanol–water partition coefficient (Wildman–Crippen LogP) is 0.0454. The average molecular weight is 305 g/mol. The molecule has 0 bridgehead atoms. The van der Waals surface area contributed by atoms with E-state index in [0.29, 0.717) is 5.56 Å². The van der Waals surface area contributed by atoms with Gasteiger partial charge in [0.2, 0.25) is 0 Å². The zero-order chi connectivity index (χ0) is 14.5. The van der Waals surface area contributed by atoms with Crippen molar-refractivity contribution < 1.29 is 25.9 Å². The monoisotopic (exact) mass is 305 g/mol. The molecule has 1 unspecified atom stereocenters. The lowest BCUT2D eigenvalue weighted by atomic mass is 9.94. The van der Waals surface area contributed by atoms with Gasteiger partial charge in [0.1, 0.15) is 0 Å². The van der Waals surface area contributed by atoms with E-state index in [1.807, 2.05) is 0 Å². The maximum atomic E-state index is 11.2. The molecule has 0 aliphatic heterocycles. The molecular weight excluding hydrogens is 294 g/mol. The van der Waals surface area contributed by atoms with Crippen molar-refractivity contribution in [1.29, 1.82) is 0 Å². The first-order chi connectivity index (χ1) is 8.55. The molecule has 1 aliphatic rings. The first-order valence-electron chi connectivity index (χ1n) is 5.09. The number of benzene rings is 1. The van der Waals surface area contributed by atoms with Crippen molar-refractivity contribution in [1.82, 2.24) is 0 Å². The normalized spacial score (nSPS) is 23.1. The van der Waals surface area contributed by atoms with Crippen molar-refractivity contribution in [3.8, 4) is 0 Å². The van der Waals surface area contributed by atoms with E-state index >= 15 is 0 Å². The highest BCUT2D eigenvalue weighted by atomic mass is 32.2. The second-order valence-corrected chi connectivity index (χ2v) is 7.34. The first kappa shape index (κ1) is 14.2. The van der Waals surface area contributed by atoms with Crippen molar-refractivity contribution in [3.05, 3.63) is 35.4 Å². The van der Waals surface area contributed by atoms with Crippen molar-refractivity contribution in [3.63, 3.8) is 0 Å². The van der Waals surface area contributed by atoms with Crippen LogP contribution in [0.4, 0.5) is 0 Å². The van der Waals surface area contributed by atoms with Crippen LogP contribution in [0.5, 0.6) is 0 Å². The minimum atomic E-state index is -4.62. The highest BCUT2D eigenvalue weighted by molar-refractivity contribution is 7.87. The van der Waals surface area contributed by atoms with Gasteiger partial charge in [-0.1, -0.05) is 18.2 Å². The lowest BCUT2D eigenvalue weighted by molar-refractivity contribution is 0.443. The molecule has 1 aromatic carbocycles. The van der Waals surface area contributed by atoms with Gasteiger partial charge in [-0.05, 0) is 23.3 Å². The summed E-state index contributed by atoms with van der Waals surface area (Å²) in [6.45, 7) is 0. The maximum absolute atomic E-state index is 11.2. The lowest BCUT2D eigenvalue weighted by Crippen LogP contribution is -2.49. The summed E-state index contributed by atoms with van der Waals surface area (Å²) in [4.78, 5) is -2.53. The zero-order valence-corrected chi connectivity index (χ0v) is 11.1.